The van der Waals surface area contributed by atoms with Gasteiger partial charge in [-0.3, -0.25) is 4.79 Å². The molecule has 7 nitrogen and oxygen atoms in total. The zero-order valence-corrected chi connectivity index (χ0v) is 15.4. The number of nitrogens with one attached hydrogen (secondary N) is 1. The van der Waals surface area contributed by atoms with Crippen LogP contribution in [-0.4, -0.2) is 26.8 Å². The van der Waals surface area contributed by atoms with E-state index in [4.69, 9.17) is 10.3 Å². The first-order valence-corrected chi connectivity index (χ1v) is 9.38. The first kappa shape index (κ1) is 17.6. The van der Waals surface area contributed by atoms with Crippen LogP contribution >= 0.6 is 11.8 Å². The van der Waals surface area contributed by atoms with Gasteiger partial charge >= 0.3 is 0 Å². The summed E-state index contributed by atoms with van der Waals surface area (Å²) < 4.78 is 19.9. The molecule has 0 bridgehead atoms. The Kier molecular flexibility index (Phi) is 4.61. The molecule has 1 atom stereocenters. The number of aryl methyl sites for hydroxylation is 1. The summed E-state index contributed by atoms with van der Waals surface area (Å²) in [4.78, 5) is 12.7. The molecule has 1 amide bonds. The summed E-state index contributed by atoms with van der Waals surface area (Å²) in [5, 5.41) is 11.0. The zero-order valence-electron chi connectivity index (χ0n) is 14.6. The van der Waals surface area contributed by atoms with E-state index in [2.05, 4.69) is 15.5 Å². The van der Waals surface area contributed by atoms with Gasteiger partial charge in [-0.2, -0.15) is 0 Å². The van der Waals surface area contributed by atoms with Gasteiger partial charge in [-0.1, -0.05) is 23.9 Å². The van der Waals surface area contributed by atoms with Gasteiger partial charge in [-0.15, -0.1) is 10.2 Å². The maximum absolute atomic E-state index is 13.3. The number of thioether (sulfide) groups is 1. The molecule has 1 fully saturated rings. The number of nitrogens with zero attached hydrogens (tertiary/aromatic N) is 3. The molecule has 1 saturated carbocycles. The van der Waals surface area contributed by atoms with Crippen LogP contribution < -0.4 is 11.2 Å². The Balaban J connectivity index is 1.63. The highest BCUT2D eigenvalue weighted by Gasteiger charge is 2.31. The number of furan rings is 1. The van der Waals surface area contributed by atoms with Crippen LogP contribution in [0.1, 0.15) is 29.4 Å². The van der Waals surface area contributed by atoms with E-state index in [9.17, 15) is 9.18 Å². The second kappa shape index (κ2) is 7.07. The van der Waals surface area contributed by atoms with Gasteiger partial charge in [0.1, 0.15) is 16.8 Å². The molecule has 2 heterocycles. The van der Waals surface area contributed by atoms with Gasteiger partial charge in [0.15, 0.2) is 5.82 Å². The van der Waals surface area contributed by atoms with E-state index < -0.39 is 5.25 Å². The van der Waals surface area contributed by atoms with Gasteiger partial charge in [0.2, 0.25) is 11.1 Å². The molecule has 3 aromatic rings. The number of nitrogen functional groups attached to an aromatic ring is 1. The molecule has 0 radical (unpaired) electrons. The molecule has 3 N–H and O–H groups in total. The minimum Gasteiger partial charge on any atom is -0.469 e. The molecule has 0 spiro atoms. The normalized spacial score (nSPS) is 14.9. The van der Waals surface area contributed by atoms with Crippen molar-refractivity contribution in [3.05, 3.63) is 53.7 Å². The van der Waals surface area contributed by atoms with E-state index in [0.29, 0.717) is 22.3 Å². The molecule has 140 valence electrons. The van der Waals surface area contributed by atoms with E-state index in [1.54, 1.807) is 31.4 Å². The summed E-state index contributed by atoms with van der Waals surface area (Å²) in [6.07, 6.45) is 3.50. The van der Waals surface area contributed by atoms with Crippen molar-refractivity contribution in [1.82, 2.24) is 20.2 Å². The molecule has 1 aromatic carbocycles. The topological polar surface area (TPSA) is 99.0 Å². The van der Waals surface area contributed by atoms with Gasteiger partial charge < -0.3 is 15.6 Å². The van der Waals surface area contributed by atoms with Crippen molar-refractivity contribution in [2.24, 2.45) is 0 Å². The first-order valence-electron chi connectivity index (χ1n) is 8.50. The van der Waals surface area contributed by atoms with Gasteiger partial charge in [0.25, 0.3) is 0 Å². The van der Waals surface area contributed by atoms with Crippen LogP contribution in [0.3, 0.4) is 0 Å². The van der Waals surface area contributed by atoms with Crippen molar-refractivity contribution < 1.29 is 13.6 Å². The lowest BCUT2D eigenvalue weighted by molar-refractivity contribution is -0.120. The summed E-state index contributed by atoms with van der Waals surface area (Å²) in [5.74, 6) is 6.78. The SMILES string of the molecule is Cc1occc1-c1nnc(SC(C(=O)NC2CC2)c2ccc(F)cc2)n1N. The van der Waals surface area contributed by atoms with E-state index in [1.807, 2.05) is 0 Å². The Morgan fingerprint density at radius 2 is 2.07 bits per heavy atom. The highest BCUT2D eigenvalue weighted by atomic mass is 32.2. The number of carbonyl (C=O) groups excluding carboxylic acids is 1. The second-order valence-corrected chi connectivity index (χ2v) is 7.47. The minimum atomic E-state index is -0.615. The molecule has 9 heteroatoms. The molecule has 0 aliphatic heterocycles. The number of rotatable bonds is 6. The van der Waals surface area contributed by atoms with Crippen molar-refractivity contribution in [1.29, 1.82) is 0 Å². The number of hydrogen-bond acceptors (Lipinski definition) is 6. The highest BCUT2D eigenvalue weighted by Crippen LogP contribution is 2.36. The van der Waals surface area contributed by atoms with Crippen molar-refractivity contribution in [2.45, 2.75) is 36.2 Å². The van der Waals surface area contributed by atoms with Gasteiger partial charge in [-0.05, 0) is 43.5 Å². The summed E-state index contributed by atoms with van der Waals surface area (Å²) in [6, 6.07) is 7.83. The van der Waals surface area contributed by atoms with Gasteiger partial charge in [0.05, 0.1) is 11.8 Å². The summed E-state index contributed by atoms with van der Waals surface area (Å²) in [6.45, 7) is 1.81. The summed E-state index contributed by atoms with van der Waals surface area (Å²) in [7, 11) is 0. The van der Waals surface area contributed by atoms with Crippen molar-refractivity contribution in [3.8, 4) is 11.4 Å². The molecule has 27 heavy (non-hydrogen) atoms. The quantitative estimate of drug-likeness (QED) is 0.498. The third-order valence-electron chi connectivity index (χ3n) is 4.32. The Labute approximate surface area is 159 Å². The maximum atomic E-state index is 13.3. The van der Waals surface area contributed by atoms with Crippen molar-refractivity contribution in [3.63, 3.8) is 0 Å². The average molecular weight is 387 g/mol. The third kappa shape index (κ3) is 3.68. The maximum Gasteiger partial charge on any atom is 0.238 e. The lowest BCUT2D eigenvalue weighted by Gasteiger charge is -2.16. The molecular formula is C18H18FN5O2S. The molecule has 0 saturated heterocycles. The summed E-state index contributed by atoms with van der Waals surface area (Å²) >= 11 is 1.18. The van der Waals surface area contributed by atoms with Crippen LogP contribution in [0.2, 0.25) is 0 Å². The van der Waals surface area contributed by atoms with Crippen LogP contribution in [-0.2, 0) is 4.79 Å². The third-order valence-corrected chi connectivity index (χ3v) is 5.53. The monoisotopic (exact) mass is 387 g/mol. The predicted octanol–water partition coefficient (Wildman–Crippen LogP) is 2.81. The Morgan fingerprint density at radius 1 is 1.33 bits per heavy atom. The number of halogens is 1. The fourth-order valence-corrected chi connectivity index (χ4v) is 3.65. The number of nitrogens with two attached hydrogens (primary N) is 1. The average Bonchev–Trinajstić information content (AvgIpc) is 3.25. The standard InChI is InChI=1S/C18H18FN5O2S/c1-10-14(8-9-26-10)16-22-23-18(24(16)20)27-15(17(25)21-13-6-7-13)11-2-4-12(19)5-3-11/h2-5,8-9,13,15H,6-7,20H2,1H3,(H,21,25). The highest BCUT2D eigenvalue weighted by molar-refractivity contribution is 8.00. The lowest BCUT2D eigenvalue weighted by atomic mass is 10.1. The lowest BCUT2D eigenvalue weighted by Crippen LogP contribution is -2.30. The summed E-state index contributed by atoms with van der Waals surface area (Å²) in [5.41, 5.74) is 1.40. The minimum absolute atomic E-state index is 0.154. The van der Waals surface area contributed by atoms with Crippen LogP contribution in [0.25, 0.3) is 11.4 Å². The molecule has 1 aliphatic carbocycles. The molecule has 4 rings (SSSR count). The van der Waals surface area contributed by atoms with Crippen molar-refractivity contribution >= 4 is 17.7 Å². The predicted molar refractivity (Wildman–Crippen MR) is 98.8 cm³/mol. The number of carbonyl (C=O) groups is 1. The second-order valence-electron chi connectivity index (χ2n) is 6.40. The first-order chi connectivity index (χ1) is 13.0. The molecule has 1 aliphatic rings. The smallest absolute Gasteiger partial charge is 0.238 e. The van der Waals surface area contributed by atoms with E-state index in [1.165, 1.54) is 28.6 Å². The number of amides is 1. The Hall–Kier alpha value is -2.81. The molecular weight excluding hydrogens is 369 g/mol. The number of hydrogen-bond donors (Lipinski definition) is 2. The Morgan fingerprint density at radius 3 is 2.70 bits per heavy atom. The number of aromatic nitrogens is 3. The van der Waals surface area contributed by atoms with Crippen LogP contribution in [0, 0.1) is 12.7 Å². The van der Waals surface area contributed by atoms with Crippen molar-refractivity contribution in [2.75, 3.05) is 5.84 Å². The van der Waals surface area contributed by atoms with E-state index in [-0.39, 0.29) is 17.8 Å². The van der Waals surface area contributed by atoms with E-state index in [0.717, 1.165) is 18.4 Å². The van der Waals surface area contributed by atoms with E-state index >= 15 is 0 Å². The molecule has 2 aromatic heterocycles. The van der Waals surface area contributed by atoms with Crippen LogP contribution in [0.5, 0.6) is 0 Å². The van der Waals surface area contributed by atoms with Gasteiger partial charge in [0, 0.05) is 6.04 Å². The van der Waals surface area contributed by atoms with Crippen LogP contribution in [0.15, 0.2) is 46.2 Å². The Bertz CT molecular complexity index is 965. The fourth-order valence-electron chi connectivity index (χ4n) is 2.68. The zero-order chi connectivity index (χ0) is 19.0. The van der Waals surface area contributed by atoms with Gasteiger partial charge in [-0.25, -0.2) is 9.07 Å². The van der Waals surface area contributed by atoms with Crippen LogP contribution in [0.4, 0.5) is 4.39 Å². The fraction of sp³-hybridized carbons (Fsp3) is 0.278. The molecule has 1 unspecified atom stereocenters. The largest absolute Gasteiger partial charge is 0.469 e. The number of benzene rings is 1.